The van der Waals surface area contributed by atoms with Crippen molar-refractivity contribution < 1.29 is 9.15 Å². The summed E-state index contributed by atoms with van der Waals surface area (Å²) in [6.07, 6.45) is 1.89. The van der Waals surface area contributed by atoms with Gasteiger partial charge in [0.05, 0.1) is 12.3 Å². The Morgan fingerprint density at radius 1 is 1.11 bits per heavy atom. The molecule has 28 heavy (non-hydrogen) atoms. The Hall–Kier alpha value is -2.60. The van der Waals surface area contributed by atoms with Crippen LogP contribution in [-0.2, 0) is 13.0 Å². The van der Waals surface area contributed by atoms with Crippen molar-refractivity contribution in [2.45, 2.75) is 33.2 Å². The van der Waals surface area contributed by atoms with Gasteiger partial charge < -0.3 is 19.0 Å². The van der Waals surface area contributed by atoms with Crippen LogP contribution in [0.25, 0.3) is 11.1 Å². The molecular formula is C22H28N4O2. The molecule has 1 aliphatic rings. The number of aromatic nitrogens is 2. The highest BCUT2D eigenvalue weighted by Crippen LogP contribution is 2.27. The molecule has 6 heteroatoms. The van der Waals surface area contributed by atoms with E-state index in [1.54, 1.807) is 0 Å². The lowest BCUT2D eigenvalue weighted by Gasteiger charge is -2.27. The van der Waals surface area contributed by atoms with Crippen LogP contribution in [-0.4, -0.2) is 47.7 Å². The zero-order valence-corrected chi connectivity index (χ0v) is 16.7. The second kappa shape index (κ2) is 8.61. The maximum absolute atomic E-state index is 5.92. The average Bonchev–Trinajstić information content (AvgIpc) is 3.18. The van der Waals surface area contributed by atoms with Gasteiger partial charge in [0.2, 0.25) is 5.88 Å². The van der Waals surface area contributed by atoms with Crippen molar-refractivity contribution in [2.75, 3.05) is 37.7 Å². The lowest BCUT2D eigenvalue weighted by molar-refractivity contribution is 0.244. The molecule has 148 valence electrons. The number of benzene rings is 1. The molecule has 4 rings (SSSR count). The van der Waals surface area contributed by atoms with Gasteiger partial charge in [-0.05, 0) is 37.2 Å². The summed E-state index contributed by atoms with van der Waals surface area (Å²) in [7, 11) is 0. The first kappa shape index (κ1) is 18.7. The molecule has 3 aromatic rings. The summed E-state index contributed by atoms with van der Waals surface area (Å²) in [5.41, 5.74) is 4.06. The van der Waals surface area contributed by atoms with Crippen LogP contribution in [0.3, 0.4) is 0 Å². The summed E-state index contributed by atoms with van der Waals surface area (Å²) >= 11 is 0. The molecule has 0 unspecified atom stereocenters. The molecule has 2 aromatic heterocycles. The van der Waals surface area contributed by atoms with E-state index in [0.29, 0.717) is 12.6 Å². The molecule has 0 saturated heterocycles. The first-order valence-corrected chi connectivity index (χ1v) is 10.2. The molecule has 0 aliphatic carbocycles. The number of fused-ring (bicyclic) bond motifs is 2. The molecule has 1 aliphatic heterocycles. The maximum Gasteiger partial charge on any atom is 0.298 e. The predicted molar refractivity (Wildman–Crippen MR) is 111 cm³/mol. The molecule has 0 fully saturated rings. The van der Waals surface area contributed by atoms with Gasteiger partial charge in [-0.1, -0.05) is 32.0 Å². The van der Waals surface area contributed by atoms with Crippen LogP contribution >= 0.6 is 0 Å². The van der Waals surface area contributed by atoms with Gasteiger partial charge in [-0.2, -0.15) is 4.98 Å². The van der Waals surface area contributed by atoms with E-state index in [2.05, 4.69) is 34.7 Å². The standard InChI is InChI=1S/C22H28N4O2/c1-3-25(4-2)13-7-15-27-21-11-10-17-16-26(14-12-18(17)23-21)22-24-19-8-5-6-9-20(19)28-22/h5-6,8-11H,3-4,7,12-16H2,1-2H3. The van der Waals surface area contributed by atoms with E-state index in [-0.39, 0.29) is 0 Å². The quantitative estimate of drug-likeness (QED) is 0.553. The van der Waals surface area contributed by atoms with Crippen LogP contribution < -0.4 is 9.64 Å². The predicted octanol–water partition coefficient (Wildman–Crippen LogP) is 3.90. The van der Waals surface area contributed by atoms with Gasteiger partial charge in [0.25, 0.3) is 6.01 Å². The molecule has 0 N–H and O–H groups in total. The monoisotopic (exact) mass is 380 g/mol. The van der Waals surface area contributed by atoms with Crippen molar-refractivity contribution >= 4 is 17.1 Å². The maximum atomic E-state index is 5.92. The molecular weight excluding hydrogens is 352 g/mol. The third-order valence-electron chi connectivity index (χ3n) is 5.34. The molecule has 0 atom stereocenters. The summed E-state index contributed by atoms with van der Waals surface area (Å²) in [6, 6.07) is 12.7. The Labute approximate surface area is 166 Å². The Balaban J connectivity index is 1.36. The van der Waals surface area contributed by atoms with Crippen molar-refractivity contribution in [3.63, 3.8) is 0 Å². The topological polar surface area (TPSA) is 54.6 Å². The normalized spacial score (nSPS) is 13.9. The van der Waals surface area contributed by atoms with Crippen LogP contribution in [0.15, 0.2) is 40.8 Å². The van der Waals surface area contributed by atoms with Gasteiger partial charge in [0.1, 0.15) is 5.52 Å². The van der Waals surface area contributed by atoms with E-state index >= 15 is 0 Å². The Bertz CT molecular complexity index is 887. The van der Waals surface area contributed by atoms with E-state index < -0.39 is 0 Å². The highest BCUT2D eigenvalue weighted by Gasteiger charge is 2.22. The first-order chi connectivity index (χ1) is 13.8. The summed E-state index contributed by atoms with van der Waals surface area (Å²) in [6.45, 7) is 9.94. The molecule has 0 bridgehead atoms. The average molecular weight is 380 g/mol. The lowest BCUT2D eigenvalue weighted by atomic mass is 10.1. The smallest absolute Gasteiger partial charge is 0.298 e. The molecule has 0 saturated carbocycles. The number of oxazole rings is 1. The number of anilines is 1. The fourth-order valence-electron chi connectivity index (χ4n) is 3.64. The summed E-state index contributed by atoms with van der Waals surface area (Å²) in [4.78, 5) is 13.9. The minimum Gasteiger partial charge on any atom is -0.478 e. The van der Waals surface area contributed by atoms with Crippen molar-refractivity contribution in [1.29, 1.82) is 0 Å². The van der Waals surface area contributed by atoms with Crippen LogP contribution in [0.4, 0.5) is 6.01 Å². The Morgan fingerprint density at radius 2 is 1.96 bits per heavy atom. The molecule has 0 radical (unpaired) electrons. The molecule has 6 nitrogen and oxygen atoms in total. The minimum atomic E-state index is 0.684. The lowest BCUT2D eigenvalue weighted by Crippen LogP contribution is -2.31. The summed E-state index contributed by atoms with van der Waals surface area (Å²) in [5, 5.41) is 0. The zero-order valence-electron chi connectivity index (χ0n) is 16.7. The van der Waals surface area contributed by atoms with E-state index in [4.69, 9.17) is 14.1 Å². The van der Waals surface area contributed by atoms with Crippen LogP contribution in [0.1, 0.15) is 31.5 Å². The minimum absolute atomic E-state index is 0.684. The van der Waals surface area contributed by atoms with Crippen molar-refractivity contribution in [3.05, 3.63) is 47.7 Å². The molecule has 0 amide bonds. The second-order valence-corrected chi connectivity index (χ2v) is 7.12. The van der Waals surface area contributed by atoms with E-state index in [1.165, 1.54) is 5.56 Å². The van der Waals surface area contributed by atoms with Gasteiger partial charge in [-0.15, -0.1) is 0 Å². The van der Waals surface area contributed by atoms with Crippen molar-refractivity contribution in [3.8, 4) is 5.88 Å². The van der Waals surface area contributed by atoms with E-state index in [9.17, 15) is 0 Å². The van der Waals surface area contributed by atoms with Crippen LogP contribution in [0.5, 0.6) is 5.88 Å². The number of hydrogen-bond acceptors (Lipinski definition) is 6. The first-order valence-electron chi connectivity index (χ1n) is 10.2. The number of hydrogen-bond donors (Lipinski definition) is 0. The van der Waals surface area contributed by atoms with Gasteiger partial charge >= 0.3 is 0 Å². The second-order valence-electron chi connectivity index (χ2n) is 7.12. The zero-order chi connectivity index (χ0) is 19.3. The number of rotatable bonds is 8. The SMILES string of the molecule is CCN(CC)CCCOc1ccc2c(n1)CCN(c1nc3ccccc3o1)C2. The number of nitrogens with zero attached hydrogens (tertiary/aromatic N) is 4. The summed E-state index contributed by atoms with van der Waals surface area (Å²) in [5.74, 6) is 0.730. The fraction of sp³-hybridized carbons (Fsp3) is 0.455. The summed E-state index contributed by atoms with van der Waals surface area (Å²) < 4.78 is 11.8. The van der Waals surface area contributed by atoms with Gasteiger partial charge in [-0.3, -0.25) is 0 Å². The van der Waals surface area contributed by atoms with Crippen LogP contribution in [0.2, 0.25) is 0 Å². The Morgan fingerprint density at radius 3 is 2.79 bits per heavy atom. The fourth-order valence-corrected chi connectivity index (χ4v) is 3.64. The van der Waals surface area contributed by atoms with Gasteiger partial charge in [0.15, 0.2) is 5.58 Å². The Kier molecular flexibility index (Phi) is 5.76. The third-order valence-corrected chi connectivity index (χ3v) is 5.34. The molecule has 3 heterocycles. The number of para-hydroxylation sites is 2. The van der Waals surface area contributed by atoms with Crippen molar-refractivity contribution in [2.24, 2.45) is 0 Å². The number of ether oxygens (including phenoxy) is 1. The largest absolute Gasteiger partial charge is 0.478 e. The highest BCUT2D eigenvalue weighted by molar-refractivity contribution is 5.74. The van der Waals surface area contributed by atoms with E-state index in [1.807, 2.05) is 30.3 Å². The van der Waals surface area contributed by atoms with Crippen LogP contribution in [0, 0.1) is 0 Å². The number of pyridine rings is 1. The van der Waals surface area contributed by atoms with Crippen molar-refractivity contribution in [1.82, 2.24) is 14.9 Å². The van der Waals surface area contributed by atoms with Gasteiger partial charge in [-0.25, -0.2) is 4.98 Å². The third kappa shape index (κ3) is 4.12. The molecule has 1 aromatic carbocycles. The highest BCUT2D eigenvalue weighted by atomic mass is 16.5. The molecule has 0 spiro atoms. The van der Waals surface area contributed by atoms with Gasteiger partial charge in [0, 0.05) is 32.1 Å². The van der Waals surface area contributed by atoms with E-state index in [0.717, 1.165) is 68.2 Å².